The normalized spacial score (nSPS) is 12.7. The first-order valence-electron chi connectivity index (χ1n) is 7.72. The first-order valence-corrected chi connectivity index (χ1v) is 7.72. The Morgan fingerprint density at radius 2 is 1.69 bits per heavy atom. The first-order chi connectivity index (χ1) is 12.3. The molecule has 3 aromatic rings. The van der Waals surface area contributed by atoms with E-state index in [1.165, 1.54) is 6.07 Å². The van der Waals surface area contributed by atoms with E-state index in [4.69, 9.17) is 0 Å². The number of alkyl halides is 3. The third-order valence-electron chi connectivity index (χ3n) is 3.75. The number of hydrogen-bond acceptors (Lipinski definition) is 4. The minimum atomic E-state index is -4.74. The number of nitrogens with zero attached hydrogens (tertiary/aromatic N) is 2. The van der Waals surface area contributed by atoms with Crippen LogP contribution in [0, 0.1) is 0 Å². The Balaban J connectivity index is 2.01. The van der Waals surface area contributed by atoms with Gasteiger partial charge in [0.15, 0.2) is 0 Å². The molecule has 2 aromatic carbocycles. The van der Waals surface area contributed by atoms with Crippen LogP contribution >= 0.6 is 0 Å². The number of aliphatic carboxylic acids is 1. The lowest BCUT2D eigenvalue weighted by Gasteiger charge is -2.17. The summed E-state index contributed by atoms with van der Waals surface area (Å²) in [5.74, 6) is -2.67. The highest BCUT2D eigenvalue weighted by Crippen LogP contribution is 2.30. The van der Waals surface area contributed by atoms with Crippen molar-refractivity contribution in [1.29, 1.82) is 0 Å². The summed E-state index contributed by atoms with van der Waals surface area (Å²) in [6, 6.07) is 13.8. The molecular weight excluding hydrogens is 347 g/mol. The molecule has 0 aliphatic rings. The lowest BCUT2D eigenvalue weighted by Crippen LogP contribution is -2.32. The summed E-state index contributed by atoms with van der Waals surface area (Å²) in [5.41, 5.74) is 0.822. The predicted octanol–water partition coefficient (Wildman–Crippen LogP) is 3.76. The number of nitrogens with one attached hydrogen (secondary N) is 1. The van der Waals surface area contributed by atoms with E-state index in [0.29, 0.717) is 5.39 Å². The van der Waals surface area contributed by atoms with Gasteiger partial charge in [-0.2, -0.15) is 13.2 Å². The molecule has 0 amide bonds. The maximum atomic E-state index is 13.1. The quantitative estimate of drug-likeness (QED) is 0.724. The fraction of sp³-hybridized carbons (Fsp3) is 0.167. The van der Waals surface area contributed by atoms with E-state index < -0.39 is 24.0 Å². The van der Waals surface area contributed by atoms with Gasteiger partial charge in [0.1, 0.15) is 11.9 Å². The van der Waals surface area contributed by atoms with Crippen molar-refractivity contribution in [2.24, 2.45) is 0 Å². The van der Waals surface area contributed by atoms with Gasteiger partial charge in [-0.1, -0.05) is 42.5 Å². The summed E-state index contributed by atoms with van der Waals surface area (Å²) in [6.45, 7) is 0. The highest BCUT2D eigenvalue weighted by atomic mass is 19.4. The number of benzene rings is 2. The highest BCUT2D eigenvalue weighted by Gasteiger charge is 2.36. The standard InChI is InChI=1S/C18H14F3N3O2/c19-18(20,21)17-23-13-9-5-4-8-12(13)15(24-17)22-14(16(25)26)10-11-6-2-1-3-7-11/h1-9,14H,10H2,(H,25,26)(H,22,23,24). The summed E-state index contributed by atoms with van der Waals surface area (Å²) in [6.07, 6.45) is -4.64. The Bertz CT molecular complexity index is 930. The molecule has 1 aromatic heterocycles. The maximum absolute atomic E-state index is 13.1. The van der Waals surface area contributed by atoms with Crippen molar-refractivity contribution in [3.05, 3.63) is 66.0 Å². The van der Waals surface area contributed by atoms with Crippen LogP contribution in [0.15, 0.2) is 54.6 Å². The molecule has 134 valence electrons. The van der Waals surface area contributed by atoms with Gasteiger partial charge in [-0.15, -0.1) is 0 Å². The van der Waals surface area contributed by atoms with E-state index in [1.54, 1.807) is 48.5 Å². The number of carboxylic acids is 1. The van der Waals surface area contributed by atoms with Crippen molar-refractivity contribution in [2.75, 3.05) is 5.32 Å². The van der Waals surface area contributed by atoms with Gasteiger partial charge in [0.25, 0.3) is 0 Å². The molecule has 26 heavy (non-hydrogen) atoms. The molecule has 0 saturated heterocycles. The van der Waals surface area contributed by atoms with Crippen LogP contribution in [0.2, 0.25) is 0 Å². The van der Waals surface area contributed by atoms with Crippen LogP contribution in [-0.4, -0.2) is 27.1 Å². The van der Waals surface area contributed by atoms with Crippen LogP contribution in [-0.2, 0) is 17.4 Å². The third-order valence-corrected chi connectivity index (χ3v) is 3.75. The van der Waals surface area contributed by atoms with Crippen LogP contribution in [0.4, 0.5) is 19.0 Å². The second kappa shape index (κ2) is 6.99. The van der Waals surface area contributed by atoms with Crippen molar-refractivity contribution in [2.45, 2.75) is 18.6 Å². The van der Waals surface area contributed by atoms with Gasteiger partial charge in [-0.3, -0.25) is 0 Å². The van der Waals surface area contributed by atoms with Gasteiger partial charge in [-0.05, 0) is 17.7 Å². The van der Waals surface area contributed by atoms with Crippen LogP contribution in [0.25, 0.3) is 10.9 Å². The Morgan fingerprint density at radius 3 is 2.35 bits per heavy atom. The number of carbonyl (C=O) groups is 1. The highest BCUT2D eigenvalue weighted by molar-refractivity contribution is 5.91. The van der Waals surface area contributed by atoms with Crippen LogP contribution in [0.5, 0.6) is 0 Å². The average molecular weight is 361 g/mol. The fourth-order valence-corrected chi connectivity index (χ4v) is 2.53. The molecule has 0 aliphatic carbocycles. The van der Waals surface area contributed by atoms with Gasteiger partial charge >= 0.3 is 12.1 Å². The van der Waals surface area contributed by atoms with Gasteiger partial charge in [0.05, 0.1) is 5.52 Å². The van der Waals surface area contributed by atoms with Crippen LogP contribution < -0.4 is 5.32 Å². The molecule has 0 fully saturated rings. The minimum absolute atomic E-state index is 0.0844. The number of fused-ring (bicyclic) bond motifs is 1. The number of carboxylic acid groups (broad SMARTS) is 1. The minimum Gasteiger partial charge on any atom is -0.480 e. The number of anilines is 1. The largest absolute Gasteiger partial charge is 0.480 e. The molecule has 2 N–H and O–H groups in total. The SMILES string of the molecule is O=C(O)C(Cc1ccccc1)Nc1nc(C(F)(F)F)nc2ccccc12. The molecule has 0 bridgehead atoms. The van der Waals surface area contributed by atoms with Gasteiger partial charge in [0, 0.05) is 11.8 Å². The molecule has 8 heteroatoms. The Hall–Kier alpha value is -3.16. The number of halogens is 3. The molecule has 3 rings (SSSR count). The molecular formula is C18H14F3N3O2. The molecule has 5 nitrogen and oxygen atoms in total. The second-order valence-corrected chi connectivity index (χ2v) is 5.64. The van der Waals surface area contributed by atoms with Crippen molar-refractivity contribution in [3.8, 4) is 0 Å². The Labute approximate surface area is 146 Å². The summed E-state index contributed by atoms with van der Waals surface area (Å²) in [7, 11) is 0. The Kier molecular flexibility index (Phi) is 4.75. The second-order valence-electron chi connectivity index (χ2n) is 5.64. The smallest absolute Gasteiger partial charge is 0.451 e. The first kappa shape index (κ1) is 17.7. The summed E-state index contributed by atoms with van der Waals surface area (Å²) >= 11 is 0. The van der Waals surface area contributed by atoms with Gasteiger partial charge < -0.3 is 10.4 Å². The lowest BCUT2D eigenvalue weighted by atomic mass is 10.1. The molecule has 0 aliphatic heterocycles. The van der Waals surface area contributed by atoms with Gasteiger partial charge in [-0.25, -0.2) is 14.8 Å². The fourth-order valence-electron chi connectivity index (χ4n) is 2.53. The molecule has 1 atom stereocenters. The topological polar surface area (TPSA) is 75.1 Å². The van der Waals surface area contributed by atoms with Crippen LogP contribution in [0.1, 0.15) is 11.4 Å². The third kappa shape index (κ3) is 3.90. The van der Waals surface area contributed by atoms with Crippen LogP contribution in [0.3, 0.4) is 0 Å². The predicted molar refractivity (Wildman–Crippen MR) is 89.7 cm³/mol. The van der Waals surface area contributed by atoms with E-state index in [2.05, 4.69) is 15.3 Å². The van der Waals surface area contributed by atoms with Crippen molar-refractivity contribution in [3.63, 3.8) is 0 Å². The summed E-state index contributed by atoms with van der Waals surface area (Å²) in [5, 5.41) is 12.4. The van der Waals surface area contributed by atoms with Crippen molar-refractivity contribution < 1.29 is 23.1 Å². The zero-order valence-corrected chi connectivity index (χ0v) is 13.4. The molecule has 1 heterocycles. The maximum Gasteiger partial charge on any atom is 0.451 e. The van der Waals surface area contributed by atoms with Crippen molar-refractivity contribution >= 4 is 22.7 Å². The molecule has 0 saturated carbocycles. The zero-order valence-electron chi connectivity index (χ0n) is 13.4. The number of para-hydroxylation sites is 1. The summed E-state index contributed by atoms with van der Waals surface area (Å²) in [4.78, 5) is 18.6. The zero-order chi connectivity index (χ0) is 18.7. The van der Waals surface area contributed by atoms with E-state index in [-0.39, 0.29) is 17.8 Å². The monoisotopic (exact) mass is 361 g/mol. The van der Waals surface area contributed by atoms with E-state index in [9.17, 15) is 23.1 Å². The summed E-state index contributed by atoms with van der Waals surface area (Å²) < 4.78 is 39.2. The Morgan fingerprint density at radius 1 is 1.04 bits per heavy atom. The molecule has 0 spiro atoms. The van der Waals surface area contributed by atoms with E-state index in [0.717, 1.165) is 5.56 Å². The van der Waals surface area contributed by atoms with Crippen molar-refractivity contribution in [1.82, 2.24) is 9.97 Å². The number of aromatic nitrogens is 2. The molecule has 0 radical (unpaired) electrons. The average Bonchev–Trinajstić information content (AvgIpc) is 2.61. The van der Waals surface area contributed by atoms with E-state index >= 15 is 0 Å². The number of hydrogen-bond donors (Lipinski definition) is 2. The molecule has 1 unspecified atom stereocenters. The van der Waals surface area contributed by atoms with Gasteiger partial charge in [0.2, 0.25) is 5.82 Å². The van der Waals surface area contributed by atoms with E-state index in [1.807, 2.05) is 0 Å². The lowest BCUT2D eigenvalue weighted by molar-refractivity contribution is -0.144. The number of rotatable bonds is 5.